The molecule has 0 amide bonds. The zero-order chi connectivity index (χ0) is 14.2. The van der Waals surface area contributed by atoms with Gasteiger partial charge in [-0.25, -0.2) is 0 Å². The Kier molecular flexibility index (Phi) is 6.06. The topological polar surface area (TPSA) is 29.5 Å². The molecule has 0 N–H and O–H groups in total. The number of hydrogen-bond acceptors (Lipinski definition) is 3. The lowest BCUT2D eigenvalue weighted by molar-refractivity contribution is 0.0976. The molecule has 1 aliphatic rings. The molecule has 1 fully saturated rings. The van der Waals surface area contributed by atoms with E-state index in [9.17, 15) is 4.79 Å². The molecule has 0 unspecified atom stereocenters. The average molecular weight is 275 g/mol. The van der Waals surface area contributed by atoms with E-state index in [1.165, 1.54) is 32.4 Å². The minimum absolute atomic E-state index is 0.182. The van der Waals surface area contributed by atoms with Crippen LogP contribution in [0.5, 0.6) is 5.75 Å². The number of Topliss-reactive ketones (excluding diaryl/α,β-unsaturated/α-hetero) is 1. The van der Waals surface area contributed by atoms with Crippen LogP contribution in [-0.2, 0) is 0 Å². The van der Waals surface area contributed by atoms with Gasteiger partial charge in [0.25, 0.3) is 0 Å². The van der Waals surface area contributed by atoms with Gasteiger partial charge in [-0.15, -0.1) is 0 Å². The van der Waals surface area contributed by atoms with E-state index < -0.39 is 0 Å². The number of para-hydroxylation sites is 1. The molecule has 3 heteroatoms. The Morgan fingerprint density at radius 3 is 2.70 bits per heavy atom. The van der Waals surface area contributed by atoms with Crippen LogP contribution < -0.4 is 4.74 Å². The molecule has 0 bridgehead atoms. The summed E-state index contributed by atoms with van der Waals surface area (Å²) in [5.74, 6) is 0.920. The molecule has 1 heterocycles. The standard InChI is InChI=1S/C17H25NO2/c1-2-8-16(19)15-9-4-5-10-17(15)20-14-13-18-11-6-3-7-12-18/h4-5,9-10H,2-3,6-8,11-14H2,1H3. The Balaban J connectivity index is 1.86. The first-order valence-electron chi connectivity index (χ1n) is 7.78. The number of rotatable bonds is 7. The molecule has 0 aliphatic carbocycles. The van der Waals surface area contributed by atoms with Crippen LogP contribution >= 0.6 is 0 Å². The highest BCUT2D eigenvalue weighted by Crippen LogP contribution is 2.20. The van der Waals surface area contributed by atoms with E-state index in [0.717, 1.165) is 24.3 Å². The first kappa shape index (κ1) is 15.0. The molecule has 1 aromatic carbocycles. The second kappa shape index (κ2) is 8.05. The number of ketones is 1. The van der Waals surface area contributed by atoms with Crippen LogP contribution in [-0.4, -0.2) is 36.9 Å². The highest BCUT2D eigenvalue weighted by atomic mass is 16.5. The smallest absolute Gasteiger partial charge is 0.166 e. The van der Waals surface area contributed by atoms with Gasteiger partial charge in [-0.3, -0.25) is 9.69 Å². The molecule has 0 aromatic heterocycles. The van der Waals surface area contributed by atoms with E-state index >= 15 is 0 Å². The summed E-state index contributed by atoms with van der Waals surface area (Å²) < 4.78 is 5.84. The molecular formula is C17H25NO2. The lowest BCUT2D eigenvalue weighted by Crippen LogP contribution is -2.33. The van der Waals surface area contributed by atoms with Crippen LogP contribution in [0.3, 0.4) is 0 Å². The number of likely N-dealkylation sites (tertiary alicyclic amines) is 1. The van der Waals surface area contributed by atoms with Gasteiger partial charge in [-0.1, -0.05) is 25.5 Å². The van der Waals surface area contributed by atoms with Gasteiger partial charge in [0.15, 0.2) is 5.78 Å². The summed E-state index contributed by atoms with van der Waals surface area (Å²) in [5.41, 5.74) is 0.730. The minimum Gasteiger partial charge on any atom is -0.491 e. The highest BCUT2D eigenvalue weighted by Gasteiger charge is 2.13. The normalized spacial score (nSPS) is 16.1. The number of nitrogens with zero attached hydrogens (tertiary/aromatic N) is 1. The second-order valence-electron chi connectivity index (χ2n) is 5.42. The van der Waals surface area contributed by atoms with Gasteiger partial charge in [-0.2, -0.15) is 0 Å². The fourth-order valence-electron chi connectivity index (χ4n) is 2.65. The maximum absolute atomic E-state index is 12.0. The third-order valence-electron chi connectivity index (χ3n) is 3.78. The van der Waals surface area contributed by atoms with Crippen molar-refractivity contribution in [2.24, 2.45) is 0 Å². The van der Waals surface area contributed by atoms with Crippen LogP contribution in [0, 0.1) is 0 Å². The molecule has 0 radical (unpaired) electrons. The van der Waals surface area contributed by atoms with Gasteiger partial charge in [0, 0.05) is 13.0 Å². The Hall–Kier alpha value is -1.35. The number of carbonyl (C=O) groups excluding carboxylic acids is 1. The summed E-state index contributed by atoms with van der Waals surface area (Å²) in [6, 6.07) is 7.60. The Bertz CT molecular complexity index is 425. The molecular weight excluding hydrogens is 250 g/mol. The maximum Gasteiger partial charge on any atom is 0.166 e. The van der Waals surface area contributed by atoms with E-state index in [0.29, 0.717) is 13.0 Å². The predicted molar refractivity (Wildman–Crippen MR) is 81.5 cm³/mol. The molecule has 1 saturated heterocycles. The highest BCUT2D eigenvalue weighted by molar-refractivity contribution is 5.98. The lowest BCUT2D eigenvalue weighted by Gasteiger charge is -2.26. The molecule has 3 nitrogen and oxygen atoms in total. The van der Waals surface area contributed by atoms with Gasteiger partial charge >= 0.3 is 0 Å². The van der Waals surface area contributed by atoms with Crippen molar-refractivity contribution in [3.05, 3.63) is 29.8 Å². The van der Waals surface area contributed by atoms with Crippen molar-refractivity contribution in [1.82, 2.24) is 4.90 Å². The van der Waals surface area contributed by atoms with Gasteiger partial charge < -0.3 is 4.74 Å². The third kappa shape index (κ3) is 4.34. The Morgan fingerprint density at radius 2 is 1.95 bits per heavy atom. The SMILES string of the molecule is CCCC(=O)c1ccccc1OCCN1CCCCC1. The number of piperidine rings is 1. The number of carbonyl (C=O) groups is 1. The van der Waals surface area contributed by atoms with Crippen molar-refractivity contribution in [3.8, 4) is 5.75 Å². The van der Waals surface area contributed by atoms with E-state index in [1.54, 1.807) is 0 Å². The number of ether oxygens (including phenoxy) is 1. The van der Waals surface area contributed by atoms with E-state index in [2.05, 4.69) is 4.90 Å². The molecule has 0 saturated carbocycles. The van der Waals surface area contributed by atoms with Crippen molar-refractivity contribution in [1.29, 1.82) is 0 Å². The zero-order valence-corrected chi connectivity index (χ0v) is 12.4. The quantitative estimate of drug-likeness (QED) is 0.713. The third-order valence-corrected chi connectivity index (χ3v) is 3.78. The Labute approximate surface area is 121 Å². The van der Waals surface area contributed by atoms with Gasteiger partial charge in [0.1, 0.15) is 12.4 Å². The fraction of sp³-hybridized carbons (Fsp3) is 0.588. The fourth-order valence-corrected chi connectivity index (χ4v) is 2.65. The van der Waals surface area contributed by atoms with Gasteiger partial charge in [-0.05, 0) is 44.5 Å². The van der Waals surface area contributed by atoms with Crippen LogP contribution in [0.25, 0.3) is 0 Å². The molecule has 1 aliphatic heterocycles. The van der Waals surface area contributed by atoms with E-state index in [-0.39, 0.29) is 5.78 Å². The van der Waals surface area contributed by atoms with Gasteiger partial charge in [0.2, 0.25) is 0 Å². The average Bonchev–Trinajstić information content (AvgIpc) is 2.49. The van der Waals surface area contributed by atoms with Crippen molar-refractivity contribution >= 4 is 5.78 Å². The molecule has 0 atom stereocenters. The van der Waals surface area contributed by atoms with Crippen LogP contribution in [0.2, 0.25) is 0 Å². The molecule has 2 rings (SSSR count). The van der Waals surface area contributed by atoms with Crippen LogP contribution in [0.1, 0.15) is 49.4 Å². The lowest BCUT2D eigenvalue weighted by atomic mass is 10.1. The maximum atomic E-state index is 12.0. The summed E-state index contributed by atoms with van der Waals surface area (Å²) >= 11 is 0. The second-order valence-corrected chi connectivity index (χ2v) is 5.42. The van der Waals surface area contributed by atoms with Crippen molar-refractivity contribution < 1.29 is 9.53 Å². The summed E-state index contributed by atoms with van der Waals surface area (Å²) in [6.45, 7) is 6.00. The summed E-state index contributed by atoms with van der Waals surface area (Å²) in [6.07, 6.45) is 5.41. The number of hydrogen-bond donors (Lipinski definition) is 0. The Morgan fingerprint density at radius 1 is 1.20 bits per heavy atom. The summed E-state index contributed by atoms with van der Waals surface area (Å²) in [4.78, 5) is 14.5. The first-order valence-corrected chi connectivity index (χ1v) is 7.78. The molecule has 1 aromatic rings. The van der Waals surface area contributed by atoms with Crippen LogP contribution in [0.15, 0.2) is 24.3 Å². The molecule has 20 heavy (non-hydrogen) atoms. The van der Waals surface area contributed by atoms with Crippen LogP contribution in [0.4, 0.5) is 0 Å². The zero-order valence-electron chi connectivity index (χ0n) is 12.4. The summed E-state index contributed by atoms with van der Waals surface area (Å²) in [7, 11) is 0. The number of benzene rings is 1. The summed E-state index contributed by atoms with van der Waals surface area (Å²) in [5, 5.41) is 0. The van der Waals surface area contributed by atoms with E-state index in [4.69, 9.17) is 4.74 Å². The predicted octanol–water partition coefficient (Wildman–Crippen LogP) is 3.53. The first-order chi connectivity index (χ1) is 9.81. The monoisotopic (exact) mass is 275 g/mol. The minimum atomic E-state index is 0.182. The molecule has 0 spiro atoms. The van der Waals surface area contributed by atoms with Crippen molar-refractivity contribution in [3.63, 3.8) is 0 Å². The molecule has 110 valence electrons. The van der Waals surface area contributed by atoms with Crippen molar-refractivity contribution in [2.75, 3.05) is 26.2 Å². The van der Waals surface area contributed by atoms with E-state index in [1.807, 2.05) is 31.2 Å². The largest absolute Gasteiger partial charge is 0.491 e. The van der Waals surface area contributed by atoms with Crippen molar-refractivity contribution in [2.45, 2.75) is 39.0 Å². The van der Waals surface area contributed by atoms with Gasteiger partial charge in [0.05, 0.1) is 5.56 Å².